The van der Waals surface area contributed by atoms with E-state index in [1.807, 2.05) is 38.1 Å². The Hall–Kier alpha value is -1.55. The van der Waals surface area contributed by atoms with E-state index in [4.69, 9.17) is 4.74 Å². The molecule has 1 aromatic rings. The predicted octanol–water partition coefficient (Wildman–Crippen LogP) is 1.96. The summed E-state index contributed by atoms with van der Waals surface area (Å²) in [5, 5.41) is 9.57. The predicted molar refractivity (Wildman–Crippen MR) is 69.8 cm³/mol. The number of hydrogen-bond acceptors (Lipinski definition) is 3. The van der Waals surface area contributed by atoms with Crippen molar-refractivity contribution >= 4 is 11.6 Å². The van der Waals surface area contributed by atoms with Crippen molar-refractivity contribution in [2.45, 2.75) is 38.9 Å². The Morgan fingerprint density at radius 2 is 2.00 bits per heavy atom. The largest absolute Gasteiger partial charge is 0.491 e. The van der Waals surface area contributed by atoms with E-state index in [1.54, 1.807) is 4.90 Å². The topological polar surface area (TPSA) is 49.8 Å². The Morgan fingerprint density at radius 1 is 1.33 bits per heavy atom. The Balaban J connectivity index is 2.11. The number of benzene rings is 1. The van der Waals surface area contributed by atoms with Crippen LogP contribution in [0.5, 0.6) is 5.75 Å². The molecule has 18 heavy (non-hydrogen) atoms. The number of carbonyl (C=O) groups is 1. The van der Waals surface area contributed by atoms with Gasteiger partial charge in [0.25, 0.3) is 5.91 Å². The highest BCUT2D eigenvalue weighted by atomic mass is 16.5. The van der Waals surface area contributed by atoms with Crippen molar-refractivity contribution in [3.05, 3.63) is 24.3 Å². The van der Waals surface area contributed by atoms with E-state index in [-0.39, 0.29) is 12.0 Å². The average Bonchev–Trinajstić information content (AvgIpc) is 2.33. The van der Waals surface area contributed by atoms with Crippen molar-refractivity contribution in [3.63, 3.8) is 0 Å². The molecule has 1 aliphatic heterocycles. The summed E-state index contributed by atoms with van der Waals surface area (Å²) in [5.41, 5.74) is 0.815. The van der Waals surface area contributed by atoms with Gasteiger partial charge in [0.2, 0.25) is 0 Å². The molecule has 98 valence electrons. The number of anilines is 1. The molecule has 4 heteroatoms. The highest BCUT2D eigenvalue weighted by molar-refractivity contribution is 5.97. The lowest BCUT2D eigenvalue weighted by molar-refractivity contribution is -0.128. The van der Waals surface area contributed by atoms with E-state index >= 15 is 0 Å². The Morgan fingerprint density at radius 3 is 2.61 bits per heavy atom. The summed E-state index contributed by atoms with van der Waals surface area (Å²) < 4.78 is 5.55. The number of aliphatic hydroxyl groups excluding tert-OH is 1. The van der Waals surface area contributed by atoms with Crippen molar-refractivity contribution in [2.75, 3.05) is 11.4 Å². The third-order valence-electron chi connectivity index (χ3n) is 2.93. The summed E-state index contributed by atoms with van der Waals surface area (Å²) in [6, 6.07) is 7.41. The Kier molecular flexibility index (Phi) is 3.87. The molecule has 1 aliphatic rings. The van der Waals surface area contributed by atoms with Gasteiger partial charge in [-0.25, -0.2) is 0 Å². The Labute approximate surface area is 107 Å². The van der Waals surface area contributed by atoms with Crippen LogP contribution in [-0.2, 0) is 4.79 Å². The fourth-order valence-electron chi connectivity index (χ4n) is 2.09. The normalized spacial score (nSPS) is 20.3. The van der Waals surface area contributed by atoms with Gasteiger partial charge in [-0.15, -0.1) is 0 Å². The fourth-order valence-corrected chi connectivity index (χ4v) is 2.09. The molecule has 4 nitrogen and oxygen atoms in total. The van der Waals surface area contributed by atoms with Crippen LogP contribution in [0.25, 0.3) is 0 Å². The van der Waals surface area contributed by atoms with Crippen LogP contribution in [0.4, 0.5) is 5.69 Å². The first kappa shape index (κ1) is 12.9. The molecule has 1 heterocycles. The fraction of sp³-hybridized carbons (Fsp3) is 0.500. The third-order valence-corrected chi connectivity index (χ3v) is 2.93. The van der Waals surface area contributed by atoms with Gasteiger partial charge in [0, 0.05) is 12.2 Å². The van der Waals surface area contributed by atoms with Crippen LogP contribution in [0.3, 0.4) is 0 Å². The summed E-state index contributed by atoms with van der Waals surface area (Å²) in [5.74, 6) is 0.581. The van der Waals surface area contributed by atoms with Gasteiger partial charge in [-0.3, -0.25) is 4.79 Å². The van der Waals surface area contributed by atoms with Gasteiger partial charge < -0.3 is 14.7 Å². The molecule has 0 aliphatic carbocycles. The van der Waals surface area contributed by atoms with Crippen LogP contribution in [-0.4, -0.2) is 29.8 Å². The lowest BCUT2D eigenvalue weighted by Gasteiger charge is -2.29. The number of ether oxygens (including phenoxy) is 1. The molecule has 2 rings (SSSR count). The minimum Gasteiger partial charge on any atom is -0.491 e. The molecule has 1 aromatic carbocycles. The molecule has 1 unspecified atom stereocenters. The average molecular weight is 249 g/mol. The van der Waals surface area contributed by atoms with E-state index in [0.29, 0.717) is 13.0 Å². The number of hydrogen-bond donors (Lipinski definition) is 1. The van der Waals surface area contributed by atoms with Crippen LogP contribution in [0.2, 0.25) is 0 Å². The first-order valence-electron chi connectivity index (χ1n) is 6.34. The summed E-state index contributed by atoms with van der Waals surface area (Å²) >= 11 is 0. The zero-order valence-corrected chi connectivity index (χ0v) is 10.8. The van der Waals surface area contributed by atoms with Gasteiger partial charge in [-0.2, -0.15) is 0 Å². The molecule has 1 fully saturated rings. The van der Waals surface area contributed by atoms with Crippen molar-refractivity contribution in [3.8, 4) is 5.75 Å². The molecular weight excluding hydrogens is 230 g/mol. The first-order chi connectivity index (χ1) is 8.58. The maximum absolute atomic E-state index is 11.8. The molecule has 0 saturated carbocycles. The zero-order valence-electron chi connectivity index (χ0n) is 10.8. The summed E-state index contributed by atoms with van der Waals surface area (Å²) in [6.45, 7) is 4.61. The number of amides is 1. The van der Waals surface area contributed by atoms with E-state index < -0.39 is 6.10 Å². The number of piperidine rings is 1. The number of rotatable bonds is 3. The number of nitrogens with zero attached hydrogens (tertiary/aromatic N) is 1. The molecular formula is C14H19NO3. The quantitative estimate of drug-likeness (QED) is 0.891. The standard InChI is InChI=1S/C14H19NO3/c1-10(2)18-12-7-5-11(6-8-12)15-9-3-4-13(16)14(15)17/h5-8,10,13,16H,3-4,9H2,1-2H3. The van der Waals surface area contributed by atoms with Crippen LogP contribution in [0.1, 0.15) is 26.7 Å². The molecule has 0 radical (unpaired) electrons. The minimum absolute atomic E-state index is 0.134. The minimum atomic E-state index is -0.856. The molecule has 1 amide bonds. The molecule has 0 bridgehead atoms. The second-order valence-electron chi connectivity index (χ2n) is 4.81. The highest BCUT2D eigenvalue weighted by Crippen LogP contribution is 2.24. The van der Waals surface area contributed by atoms with Crippen LogP contribution < -0.4 is 9.64 Å². The first-order valence-corrected chi connectivity index (χ1v) is 6.34. The maximum atomic E-state index is 11.8. The van der Waals surface area contributed by atoms with Gasteiger partial charge in [-0.05, 0) is 51.0 Å². The van der Waals surface area contributed by atoms with Gasteiger partial charge >= 0.3 is 0 Å². The van der Waals surface area contributed by atoms with E-state index in [9.17, 15) is 9.90 Å². The monoisotopic (exact) mass is 249 g/mol. The lowest BCUT2D eigenvalue weighted by atomic mass is 10.1. The van der Waals surface area contributed by atoms with E-state index in [2.05, 4.69) is 0 Å². The molecule has 0 spiro atoms. The van der Waals surface area contributed by atoms with Gasteiger partial charge in [0.05, 0.1) is 6.10 Å². The molecule has 1 N–H and O–H groups in total. The van der Waals surface area contributed by atoms with Crippen LogP contribution >= 0.6 is 0 Å². The van der Waals surface area contributed by atoms with E-state index in [1.165, 1.54) is 0 Å². The van der Waals surface area contributed by atoms with Crippen LogP contribution in [0.15, 0.2) is 24.3 Å². The van der Waals surface area contributed by atoms with Gasteiger partial charge in [0.15, 0.2) is 0 Å². The van der Waals surface area contributed by atoms with Gasteiger partial charge in [0.1, 0.15) is 11.9 Å². The highest BCUT2D eigenvalue weighted by Gasteiger charge is 2.27. The molecule has 1 saturated heterocycles. The number of carbonyl (C=O) groups excluding carboxylic acids is 1. The van der Waals surface area contributed by atoms with Gasteiger partial charge in [-0.1, -0.05) is 0 Å². The second-order valence-corrected chi connectivity index (χ2v) is 4.81. The molecule has 0 aromatic heterocycles. The second kappa shape index (κ2) is 5.40. The van der Waals surface area contributed by atoms with Crippen molar-refractivity contribution in [1.29, 1.82) is 0 Å². The smallest absolute Gasteiger partial charge is 0.255 e. The van der Waals surface area contributed by atoms with Crippen molar-refractivity contribution in [2.24, 2.45) is 0 Å². The molecule has 1 atom stereocenters. The Bertz CT molecular complexity index is 414. The summed E-state index contributed by atoms with van der Waals surface area (Å²) in [6.07, 6.45) is 0.667. The SMILES string of the molecule is CC(C)Oc1ccc(N2CCCC(O)C2=O)cc1. The summed E-state index contributed by atoms with van der Waals surface area (Å²) in [7, 11) is 0. The maximum Gasteiger partial charge on any atom is 0.255 e. The van der Waals surface area contributed by atoms with Crippen molar-refractivity contribution < 1.29 is 14.6 Å². The van der Waals surface area contributed by atoms with Crippen LogP contribution in [0, 0.1) is 0 Å². The third kappa shape index (κ3) is 2.82. The van der Waals surface area contributed by atoms with Crippen molar-refractivity contribution in [1.82, 2.24) is 0 Å². The number of aliphatic hydroxyl groups is 1. The van der Waals surface area contributed by atoms with E-state index in [0.717, 1.165) is 17.9 Å². The lowest BCUT2D eigenvalue weighted by Crippen LogP contribution is -2.44. The zero-order chi connectivity index (χ0) is 13.1. The summed E-state index contributed by atoms with van der Waals surface area (Å²) in [4.78, 5) is 13.5.